The van der Waals surface area contributed by atoms with Crippen LogP contribution < -0.4 is 16.6 Å². The van der Waals surface area contributed by atoms with Gasteiger partial charge in [0.1, 0.15) is 5.69 Å². The van der Waals surface area contributed by atoms with Gasteiger partial charge in [-0.25, -0.2) is 0 Å². The maximum atomic E-state index is 12.0. The third kappa shape index (κ3) is 4.69. The molecule has 0 spiro atoms. The van der Waals surface area contributed by atoms with E-state index in [1.807, 2.05) is 20.8 Å². The smallest absolute Gasteiger partial charge is 0.294 e. The number of hydrogen-bond acceptors (Lipinski definition) is 6. The van der Waals surface area contributed by atoms with Crippen molar-refractivity contribution in [3.8, 4) is 0 Å². The largest absolute Gasteiger partial charge is 0.374 e. The molecule has 1 aromatic rings. The molecule has 1 amide bonds. The molecule has 0 saturated heterocycles. The minimum atomic E-state index is -0.601. The SMILES string of the molecule is CCOC(C)(C)CNC(=O)c1ccc(NN)c([N+](=O)[O-])c1. The molecule has 21 heavy (non-hydrogen) atoms. The predicted octanol–water partition coefficient (Wildman–Crippen LogP) is 1.43. The highest BCUT2D eigenvalue weighted by molar-refractivity contribution is 5.95. The first-order valence-corrected chi connectivity index (χ1v) is 6.48. The number of ether oxygens (including phenoxy) is 1. The van der Waals surface area contributed by atoms with Crippen LogP contribution in [0.2, 0.25) is 0 Å². The van der Waals surface area contributed by atoms with Crippen molar-refractivity contribution in [1.82, 2.24) is 5.32 Å². The molecule has 8 nitrogen and oxygen atoms in total. The molecule has 8 heteroatoms. The van der Waals surface area contributed by atoms with Crippen LogP contribution in [-0.2, 0) is 4.74 Å². The van der Waals surface area contributed by atoms with Crippen LogP contribution in [0.25, 0.3) is 0 Å². The van der Waals surface area contributed by atoms with Gasteiger partial charge in [-0.3, -0.25) is 20.8 Å². The Balaban J connectivity index is 2.84. The lowest BCUT2D eigenvalue weighted by atomic mass is 10.1. The standard InChI is InChI=1S/C13H20N4O4/c1-4-21-13(2,3)8-15-12(18)9-5-6-10(16-14)11(7-9)17(19)20/h5-7,16H,4,8,14H2,1-3H3,(H,15,18). The zero-order valence-electron chi connectivity index (χ0n) is 12.3. The molecule has 0 atom stereocenters. The number of carbonyl (C=O) groups is 1. The lowest BCUT2D eigenvalue weighted by Gasteiger charge is -2.24. The van der Waals surface area contributed by atoms with E-state index < -0.39 is 16.4 Å². The molecule has 0 bridgehead atoms. The highest BCUT2D eigenvalue weighted by Gasteiger charge is 2.21. The molecule has 0 aromatic heterocycles. The number of rotatable bonds is 7. The molecule has 0 aliphatic heterocycles. The van der Waals surface area contributed by atoms with Gasteiger partial charge in [-0.05, 0) is 32.9 Å². The van der Waals surface area contributed by atoms with Gasteiger partial charge in [-0.1, -0.05) is 0 Å². The van der Waals surface area contributed by atoms with E-state index in [0.717, 1.165) is 0 Å². The van der Waals surface area contributed by atoms with E-state index >= 15 is 0 Å². The first kappa shape index (κ1) is 16.9. The van der Waals surface area contributed by atoms with Crippen LogP contribution in [0, 0.1) is 10.1 Å². The predicted molar refractivity (Wildman–Crippen MR) is 78.9 cm³/mol. The number of anilines is 1. The molecule has 0 fully saturated rings. The zero-order chi connectivity index (χ0) is 16.0. The van der Waals surface area contributed by atoms with Gasteiger partial charge in [-0.2, -0.15) is 0 Å². The quantitative estimate of drug-likeness (QED) is 0.398. The molecule has 0 aliphatic carbocycles. The fraction of sp³-hybridized carbons (Fsp3) is 0.462. The van der Waals surface area contributed by atoms with Crippen LogP contribution >= 0.6 is 0 Å². The Hall–Kier alpha value is -2.19. The number of nitrogens with two attached hydrogens (primary N) is 1. The average Bonchev–Trinajstić information content (AvgIpc) is 2.44. The Kier molecular flexibility index (Phi) is 5.62. The third-order valence-corrected chi connectivity index (χ3v) is 2.82. The molecular formula is C13H20N4O4. The van der Waals surface area contributed by atoms with E-state index in [1.165, 1.54) is 18.2 Å². The zero-order valence-corrected chi connectivity index (χ0v) is 12.3. The van der Waals surface area contributed by atoms with Crippen molar-refractivity contribution >= 4 is 17.3 Å². The molecule has 4 N–H and O–H groups in total. The van der Waals surface area contributed by atoms with E-state index in [-0.39, 0.29) is 16.9 Å². The van der Waals surface area contributed by atoms with Gasteiger partial charge >= 0.3 is 0 Å². The van der Waals surface area contributed by atoms with Gasteiger partial charge in [0, 0.05) is 24.8 Å². The van der Waals surface area contributed by atoms with Crippen LogP contribution in [0.3, 0.4) is 0 Å². The van der Waals surface area contributed by atoms with E-state index in [2.05, 4.69) is 10.7 Å². The fourth-order valence-corrected chi connectivity index (χ4v) is 1.78. The molecule has 0 unspecified atom stereocenters. The average molecular weight is 296 g/mol. The number of hydrazine groups is 1. The Bertz CT molecular complexity index is 531. The monoisotopic (exact) mass is 296 g/mol. The third-order valence-electron chi connectivity index (χ3n) is 2.82. The lowest BCUT2D eigenvalue weighted by Crippen LogP contribution is -2.40. The summed E-state index contributed by atoms with van der Waals surface area (Å²) in [6.07, 6.45) is 0. The topological polar surface area (TPSA) is 120 Å². The minimum absolute atomic E-state index is 0.145. The number of nitro groups is 1. The number of carbonyl (C=O) groups excluding carboxylic acids is 1. The summed E-state index contributed by atoms with van der Waals surface area (Å²) in [6.45, 7) is 6.39. The summed E-state index contributed by atoms with van der Waals surface area (Å²) in [6, 6.07) is 4.03. The van der Waals surface area contributed by atoms with Crippen molar-refractivity contribution in [2.75, 3.05) is 18.6 Å². The number of nitro benzene ring substituents is 1. The van der Waals surface area contributed by atoms with Gasteiger partial charge in [0.25, 0.3) is 11.6 Å². The van der Waals surface area contributed by atoms with Crippen LogP contribution in [0.15, 0.2) is 18.2 Å². The summed E-state index contributed by atoms with van der Waals surface area (Å²) in [4.78, 5) is 22.3. The molecular weight excluding hydrogens is 276 g/mol. The van der Waals surface area contributed by atoms with Crippen LogP contribution in [0.4, 0.5) is 11.4 Å². The summed E-state index contributed by atoms with van der Waals surface area (Å²) >= 11 is 0. The molecule has 116 valence electrons. The normalized spacial score (nSPS) is 11.0. The maximum Gasteiger partial charge on any atom is 0.294 e. The molecule has 0 heterocycles. The fourth-order valence-electron chi connectivity index (χ4n) is 1.78. The van der Waals surface area contributed by atoms with Crippen molar-refractivity contribution in [3.05, 3.63) is 33.9 Å². The molecule has 0 saturated carbocycles. The highest BCUT2D eigenvalue weighted by Crippen LogP contribution is 2.24. The van der Waals surface area contributed by atoms with Gasteiger partial charge in [-0.15, -0.1) is 0 Å². The Morgan fingerprint density at radius 1 is 1.48 bits per heavy atom. The van der Waals surface area contributed by atoms with Gasteiger partial charge in [0.05, 0.1) is 10.5 Å². The van der Waals surface area contributed by atoms with Crippen molar-refractivity contribution in [3.63, 3.8) is 0 Å². The van der Waals surface area contributed by atoms with E-state index in [0.29, 0.717) is 13.2 Å². The summed E-state index contributed by atoms with van der Waals surface area (Å²) in [5.74, 6) is 4.78. The van der Waals surface area contributed by atoms with Crippen molar-refractivity contribution < 1.29 is 14.5 Å². The van der Waals surface area contributed by atoms with Gasteiger partial charge in [0.2, 0.25) is 0 Å². The lowest BCUT2D eigenvalue weighted by molar-refractivity contribution is -0.384. The maximum absolute atomic E-state index is 12.0. The van der Waals surface area contributed by atoms with Crippen molar-refractivity contribution in [2.45, 2.75) is 26.4 Å². The second-order valence-electron chi connectivity index (χ2n) is 5.01. The summed E-state index contributed by atoms with van der Waals surface area (Å²) in [7, 11) is 0. The van der Waals surface area contributed by atoms with Crippen molar-refractivity contribution in [1.29, 1.82) is 0 Å². The minimum Gasteiger partial charge on any atom is -0.374 e. The summed E-state index contributed by atoms with van der Waals surface area (Å²) in [5.41, 5.74) is 1.80. The van der Waals surface area contributed by atoms with E-state index in [4.69, 9.17) is 10.6 Å². The van der Waals surface area contributed by atoms with E-state index in [9.17, 15) is 14.9 Å². The molecule has 0 aliphatic rings. The summed E-state index contributed by atoms with van der Waals surface area (Å²) < 4.78 is 5.46. The number of nitrogens with one attached hydrogen (secondary N) is 2. The number of amides is 1. The Morgan fingerprint density at radius 3 is 2.67 bits per heavy atom. The number of nitrogens with zero attached hydrogens (tertiary/aromatic N) is 1. The van der Waals surface area contributed by atoms with Crippen LogP contribution in [-0.4, -0.2) is 29.6 Å². The first-order valence-electron chi connectivity index (χ1n) is 6.48. The molecule has 0 radical (unpaired) electrons. The number of nitrogen functional groups attached to an aromatic ring is 1. The first-order chi connectivity index (χ1) is 9.80. The van der Waals surface area contributed by atoms with Crippen LogP contribution in [0.1, 0.15) is 31.1 Å². The summed E-state index contributed by atoms with van der Waals surface area (Å²) in [5, 5.41) is 13.6. The molecule has 1 aromatic carbocycles. The van der Waals surface area contributed by atoms with Gasteiger partial charge < -0.3 is 15.5 Å². The Labute approximate surface area is 122 Å². The Morgan fingerprint density at radius 2 is 2.14 bits per heavy atom. The second-order valence-corrected chi connectivity index (χ2v) is 5.01. The second kappa shape index (κ2) is 7.00. The van der Waals surface area contributed by atoms with Crippen molar-refractivity contribution in [2.24, 2.45) is 5.84 Å². The highest BCUT2D eigenvalue weighted by atomic mass is 16.6. The number of hydrogen-bond donors (Lipinski definition) is 3. The van der Waals surface area contributed by atoms with Gasteiger partial charge in [0.15, 0.2) is 0 Å². The van der Waals surface area contributed by atoms with E-state index in [1.54, 1.807) is 0 Å². The molecule has 1 rings (SSSR count). The van der Waals surface area contributed by atoms with Crippen LogP contribution in [0.5, 0.6) is 0 Å². The number of benzene rings is 1.